The number of rotatable bonds is 8. The Bertz CT molecular complexity index is 1990. The molecule has 2 N–H and O–H groups in total. The molecule has 2 aromatic heterocycles. The molecule has 42 heavy (non-hydrogen) atoms. The Morgan fingerprint density at radius 3 is 1.31 bits per heavy atom. The molecule has 0 aliphatic heterocycles. The van der Waals surface area contributed by atoms with Crippen molar-refractivity contribution in [3.8, 4) is 0 Å². The molecule has 0 unspecified atom stereocenters. The number of para-hydroxylation sites is 2. The summed E-state index contributed by atoms with van der Waals surface area (Å²) in [5, 5.41) is 1.51. The second kappa shape index (κ2) is 10.8. The highest BCUT2D eigenvalue weighted by atomic mass is 32.2. The van der Waals surface area contributed by atoms with Gasteiger partial charge in [0.25, 0.3) is 20.0 Å². The van der Waals surface area contributed by atoms with Crippen molar-refractivity contribution in [2.45, 2.75) is 9.79 Å². The van der Waals surface area contributed by atoms with E-state index in [4.69, 9.17) is 9.97 Å². The summed E-state index contributed by atoms with van der Waals surface area (Å²) >= 11 is 0. The van der Waals surface area contributed by atoms with Gasteiger partial charge in [-0.1, -0.05) is 60.7 Å². The van der Waals surface area contributed by atoms with Crippen LogP contribution in [0, 0.1) is 0 Å². The minimum absolute atomic E-state index is 0.148. The Kier molecular flexibility index (Phi) is 6.97. The second-order valence-corrected chi connectivity index (χ2v) is 12.9. The van der Waals surface area contributed by atoms with Crippen molar-refractivity contribution in [1.29, 1.82) is 0 Å². The van der Waals surface area contributed by atoms with E-state index in [1.54, 1.807) is 72.6 Å². The Balaban J connectivity index is 1.36. The largest absolute Gasteiger partial charge is 0.314 e. The number of nitrogens with zero attached hydrogens (tertiary/aromatic N) is 3. The van der Waals surface area contributed by atoms with Crippen LogP contribution < -0.4 is 14.3 Å². The zero-order valence-electron chi connectivity index (χ0n) is 22.3. The van der Waals surface area contributed by atoms with Crippen molar-refractivity contribution >= 4 is 64.9 Å². The molecule has 6 aromatic rings. The fraction of sp³-hybridized carbons (Fsp3) is 0.0323. The average Bonchev–Trinajstić information content (AvgIpc) is 3.01. The molecule has 210 valence electrons. The highest BCUT2D eigenvalue weighted by Gasteiger charge is 2.18. The summed E-state index contributed by atoms with van der Waals surface area (Å²) in [5.74, 6) is 1.03. The lowest BCUT2D eigenvalue weighted by Crippen LogP contribution is -2.15. The maximum Gasteiger partial charge on any atom is 0.261 e. The lowest BCUT2D eigenvalue weighted by Gasteiger charge is -2.19. The number of benzene rings is 4. The number of nitrogens with one attached hydrogen (secondary N) is 2. The molecular weight excluding hydrogens is 571 g/mol. The van der Waals surface area contributed by atoms with Crippen LogP contribution in [0.4, 0.5) is 23.0 Å². The highest BCUT2D eigenvalue weighted by molar-refractivity contribution is 7.93. The molecule has 2 heterocycles. The predicted octanol–water partition coefficient (Wildman–Crippen LogP) is 6.15. The zero-order chi connectivity index (χ0) is 29.3. The van der Waals surface area contributed by atoms with Gasteiger partial charge in [0.15, 0.2) is 0 Å². The Labute approximate surface area is 243 Å². The zero-order valence-corrected chi connectivity index (χ0v) is 24.0. The van der Waals surface area contributed by atoms with Crippen molar-refractivity contribution in [2.24, 2.45) is 0 Å². The maximum absolute atomic E-state index is 13.0. The number of anilines is 4. The van der Waals surface area contributed by atoms with Crippen LogP contribution in [0.2, 0.25) is 0 Å². The standard InChI is InChI=1S/C31H25N5O4S2/c1-36(28-20-18-22-10-8-16-26(30(22)32-28)34-41(37,38)24-12-4-2-5-13-24)29-21-19-23-11-9-17-27(31(23)33-29)35-42(39,40)25-14-6-3-7-15-25/h2-21,34-35H,1H3. The van der Waals surface area contributed by atoms with Gasteiger partial charge < -0.3 is 4.90 Å². The van der Waals surface area contributed by atoms with Crippen LogP contribution in [0.15, 0.2) is 131 Å². The quantitative estimate of drug-likeness (QED) is 0.216. The Morgan fingerprint density at radius 2 is 0.905 bits per heavy atom. The van der Waals surface area contributed by atoms with E-state index in [9.17, 15) is 16.8 Å². The number of hydrogen-bond acceptors (Lipinski definition) is 7. The van der Waals surface area contributed by atoms with E-state index in [1.807, 2.05) is 36.4 Å². The van der Waals surface area contributed by atoms with Gasteiger partial charge >= 0.3 is 0 Å². The molecule has 0 saturated heterocycles. The number of aromatic nitrogens is 2. The van der Waals surface area contributed by atoms with Gasteiger partial charge in [-0.25, -0.2) is 26.8 Å². The molecule has 0 aliphatic carbocycles. The lowest BCUT2D eigenvalue weighted by atomic mass is 10.2. The predicted molar refractivity (Wildman–Crippen MR) is 166 cm³/mol. The van der Waals surface area contributed by atoms with Crippen LogP contribution in [0.1, 0.15) is 0 Å². The summed E-state index contributed by atoms with van der Waals surface area (Å²) in [5.41, 5.74) is 1.63. The first-order chi connectivity index (χ1) is 20.2. The first-order valence-electron chi connectivity index (χ1n) is 12.9. The number of pyridine rings is 2. The van der Waals surface area contributed by atoms with Crippen molar-refractivity contribution in [1.82, 2.24) is 9.97 Å². The van der Waals surface area contributed by atoms with Gasteiger partial charge in [0, 0.05) is 17.8 Å². The molecule has 4 aromatic carbocycles. The van der Waals surface area contributed by atoms with Gasteiger partial charge in [-0.2, -0.15) is 0 Å². The summed E-state index contributed by atoms with van der Waals surface area (Å²) < 4.78 is 57.4. The van der Waals surface area contributed by atoms with E-state index in [0.717, 1.165) is 10.8 Å². The molecular formula is C31H25N5O4S2. The van der Waals surface area contributed by atoms with Gasteiger partial charge in [0.2, 0.25) is 0 Å². The van der Waals surface area contributed by atoms with E-state index in [1.165, 1.54) is 24.3 Å². The summed E-state index contributed by atoms with van der Waals surface area (Å²) in [7, 11) is -5.87. The maximum atomic E-state index is 13.0. The van der Waals surface area contributed by atoms with E-state index in [2.05, 4.69) is 9.44 Å². The summed E-state index contributed by atoms with van der Waals surface area (Å²) in [6.45, 7) is 0. The molecule has 0 saturated carbocycles. The van der Waals surface area contributed by atoms with Crippen LogP contribution in [0.5, 0.6) is 0 Å². The lowest BCUT2D eigenvalue weighted by molar-refractivity contribution is 0.599. The molecule has 0 bridgehead atoms. The first-order valence-corrected chi connectivity index (χ1v) is 15.9. The smallest absolute Gasteiger partial charge is 0.261 e. The summed E-state index contributed by atoms with van der Waals surface area (Å²) in [6.07, 6.45) is 0. The molecule has 0 radical (unpaired) electrons. The van der Waals surface area contributed by atoms with E-state index in [0.29, 0.717) is 34.0 Å². The number of sulfonamides is 2. The van der Waals surface area contributed by atoms with Crippen LogP contribution in [0.3, 0.4) is 0 Å². The van der Waals surface area contributed by atoms with Crippen molar-refractivity contribution in [2.75, 3.05) is 21.4 Å². The molecule has 0 fully saturated rings. The van der Waals surface area contributed by atoms with Crippen LogP contribution in [-0.2, 0) is 20.0 Å². The molecule has 0 aliphatic rings. The van der Waals surface area contributed by atoms with Crippen LogP contribution >= 0.6 is 0 Å². The van der Waals surface area contributed by atoms with Crippen molar-refractivity contribution < 1.29 is 16.8 Å². The van der Waals surface area contributed by atoms with E-state index in [-0.39, 0.29) is 9.79 Å². The Morgan fingerprint density at radius 1 is 0.500 bits per heavy atom. The topological polar surface area (TPSA) is 121 Å². The average molecular weight is 596 g/mol. The molecule has 0 amide bonds. The molecule has 11 heteroatoms. The monoisotopic (exact) mass is 595 g/mol. The molecule has 6 rings (SSSR count). The third kappa shape index (κ3) is 5.35. The molecule has 0 spiro atoms. The van der Waals surface area contributed by atoms with Gasteiger partial charge in [0.1, 0.15) is 11.6 Å². The van der Waals surface area contributed by atoms with Gasteiger partial charge in [-0.3, -0.25) is 9.44 Å². The van der Waals surface area contributed by atoms with Crippen LogP contribution in [-0.4, -0.2) is 33.9 Å². The fourth-order valence-electron chi connectivity index (χ4n) is 4.54. The van der Waals surface area contributed by atoms with Crippen molar-refractivity contribution in [3.05, 3.63) is 121 Å². The molecule has 0 atom stereocenters. The highest BCUT2D eigenvalue weighted by Crippen LogP contribution is 2.31. The van der Waals surface area contributed by atoms with E-state index >= 15 is 0 Å². The van der Waals surface area contributed by atoms with Gasteiger partial charge in [-0.05, 0) is 60.7 Å². The molecule has 9 nitrogen and oxygen atoms in total. The number of hydrogen-bond donors (Lipinski definition) is 2. The summed E-state index contributed by atoms with van der Waals surface area (Å²) in [6, 6.07) is 34.2. The minimum atomic E-state index is -3.83. The minimum Gasteiger partial charge on any atom is -0.314 e. The SMILES string of the molecule is CN(c1ccc2cccc(NS(=O)(=O)c3ccccc3)c2n1)c1ccc2cccc(NS(=O)(=O)c3ccccc3)c2n1. The summed E-state index contributed by atoms with van der Waals surface area (Å²) in [4.78, 5) is 11.6. The normalized spacial score (nSPS) is 11.8. The van der Waals surface area contributed by atoms with Gasteiger partial charge in [-0.15, -0.1) is 0 Å². The number of fused-ring (bicyclic) bond motifs is 2. The second-order valence-electron chi connectivity index (χ2n) is 9.49. The van der Waals surface area contributed by atoms with E-state index < -0.39 is 20.0 Å². The third-order valence-corrected chi connectivity index (χ3v) is 9.46. The fourth-order valence-corrected chi connectivity index (χ4v) is 6.71. The van der Waals surface area contributed by atoms with Crippen molar-refractivity contribution in [3.63, 3.8) is 0 Å². The van der Waals surface area contributed by atoms with Gasteiger partial charge in [0.05, 0.1) is 32.2 Å². The Hall–Kier alpha value is -5.00. The third-order valence-electron chi connectivity index (χ3n) is 6.69. The first kappa shape index (κ1) is 27.2. The van der Waals surface area contributed by atoms with Crippen LogP contribution in [0.25, 0.3) is 21.8 Å².